The monoisotopic (exact) mass is 479 g/mol. The van der Waals surface area contributed by atoms with Crippen LogP contribution in [0.2, 0.25) is 0 Å². The molecule has 188 valence electrons. The van der Waals surface area contributed by atoms with Crippen LogP contribution in [0.3, 0.4) is 0 Å². The fourth-order valence-electron chi connectivity index (χ4n) is 5.11. The van der Waals surface area contributed by atoms with Crippen LogP contribution in [0.15, 0.2) is 18.2 Å². The first-order valence-corrected chi connectivity index (χ1v) is 12.4. The molecule has 1 aromatic rings. The van der Waals surface area contributed by atoms with E-state index in [1.54, 1.807) is 6.07 Å². The van der Waals surface area contributed by atoms with Gasteiger partial charge in [0.15, 0.2) is 0 Å². The van der Waals surface area contributed by atoms with Gasteiger partial charge < -0.3 is 15.0 Å². The van der Waals surface area contributed by atoms with Crippen LogP contribution in [0.1, 0.15) is 76.8 Å². The van der Waals surface area contributed by atoms with Crippen LogP contribution >= 0.6 is 0 Å². The third kappa shape index (κ3) is 5.42. The third-order valence-corrected chi connectivity index (χ3v) is 7.31. The summed E-state index contributed by atoms with van der Waals surface area (Å²) in [6.45, 7) is 9.35. The van der Waals surface area contributed by atoms with E-state index in [1.165, 1.54) is 19.3 Å². The van der Waals surface area contributed by atoms with Gasteiger partial charge in [0.2, 0.25) is 5.91 Å². The summed E-state index contributed by atoms with van der Waals surface area (Å²) in [6, 6.07) is 2.77. The highest BCUT2D eigenvalue weighted by Gasteiger charge is 2.40. The number of aromatic nitrogens is 1. The van der Waals surface area contributed by atoms with Gasteiger partial charge in [0.1, 0.15) is 5.69 Å². The molecule has 4 rings (SSSR count). The van der Waals surface area contributed by atoms with Crippen LogP contribution in [0.5, 0.6) is 0 Å². The van der Waals surface area contributed by atoms with Crippen LogP contribution < -0.4 is 5.32 Å². The minimum absolute atomic E-state index is 0.00851. The lowest BCUT2D eigenvalue weighted by molar-refractivity contribution is -0.141. The second-order valence-corrected chi connectivity index (χ2v) is 11.1. The highest BCUT2D eigenvalue weighted by molar-refractivity contribution is 5.86. The number of hydrogen-bond acceptors (Lipinski definition) is 4. The van der Waals surface area contributed by atoms with Gasteiger partial charge in [-0.2, -0.15) is 13.2 Å². The molecule has 1 saturated carbocycles. The van der Waals surface area contributed by atoms with Crippen molar-refractivity contribution < 1.29 is 22.7 Å². The molecule has 0 bridgehead atoms. The molecule has 2 fully saturated rings. The van der Waals surface area contributed by atoms with Crippen LogP contribution in [0.4, 0.5) is 13.2 Å². The second-order valence-electron chi connectivity index (χ2n) is 11.1. The molecule has 0 radical (unpaired) electrons. The summed E-state index contributed by atoms with van der Waals surface area (Å²) in [6.07, 6.45) is 3.14. The van der Waals surface area contributed by atoms with Crippen LogP contribution in [0, 0.1) is 11.8 Å². The van der Waals surface area contributed by atoms with Gasteiger partial charge in [-0.15, -0.1) is 0 Å². The number of carbonyl (C=O) groups excluding carboxylic acids is 1. The van der Waals surface area contributed by atoms with Gasteiger partial charge in [-0.3, -0.25) is 4.79 Å². The SMILES string of the molecule is CC1C(C(=O)NC2COC2)C=C(c2cc(C(C)(C)C)nc(C(F)(F)F)c2)N1CC1CCCCC1. The zero-order valence-electron chi connectivity index (χ0n) is 20.5. The first-order chi connectivity index (χ1) is 15.9. The highest BCUT2D eigenvalue weighted by atomic mass is 19.4. The van der Waals surface area contributed by atoms with Crippen LogP contribution in [-0.4, -0.2) is 47.6 Å². The first-order valence-electron chi connectivity index (χ1n) is 12.4. The van der Waals surface area contributed by atoms with Crippen molar-refractivity contribution in [3.63, 3.8) is 0 Å². The highest BCUT2D eigenvalue weighted by Crippen LogP contribution is 2.40. The molecular weight excluding hydrogens is 443 g/mol. The zero-order valence-corrected chi connectivity index (χ0v) is 20.5. The van der Waals surface area contributed by atoms with Gasteiger partial charge in [-0.25, -0.2) is 4.98 Å². The van der Waals surface area contributed by atoms with Gasteiger partial charge >= 0.3 is 6.18 Å². The largest absolute Gasteiger partial charge is 0.433 e. The van der Waals surface area contributed by atoms with Crippen LogP contribution in [0.25, 0.3) is 5.70 Å². The number of hydrogen-bond donors (Lipinski definition) is 1. The smallest absolute Gasteiger partial charge is 0.377 e. The van der Waals surface area contributed by atoms with Gasteiger partial charge in [-0.1, -0.05) is 40.0 Å². The molecule has 1 saturated heterocycles. The standard InChI is InChI=1S/C26H36F3N3O2/c1-16-20(24(33)30-19-14-34-15-19)12-21(32(16)13-17-8-6-5-7-9-17)18-10-22(25(2,3)4)31-23(11-18)26(27,28)29/h10-12,16-17,19-20H,5-9,13-15H2,1-4H3,(H,30,33). The maximum absolute atomic E-state index is 13.8. The number of pyridine rings is 1. The van der Waals surface area contributed by atoms with E-state index in [0.29, 0.717) is 36.1 Å². The normalized spacial score (nSPS) is 24.7. The Balaban J connectivity index is 1.72. The molecule has 2 unspecified atom stereocenters. The Morgan fingerprint density at radius 1 is 1.12 bits per heavy atom. The number of halogens is 3. The van der Waals surface area contributed by atoms with Gasteiger partial charge in [-0.05, 0) is 43.9 Å². The summed E-state index contributed by atoms with van der Waals surface area (Å²) < 4.78 is 46.5. The number of ether oxygens (including phenoxy) is 1. The summed E-state index contributed by atoms with van der Waals surface area (Å²) >= 11 is 0. The summed E-state index contributed by atoms with van der Waals surface area (Å²) in [7, 11) is 0. The van der Waals surface area contributed by atoms with Crippen molar-refractivity contribution in [2.24, 2.45) is 11.8 Å². The molecule has 3 heterocycles. The van der Waals surface area contributed by atoms with Gasteiger partial charge in [0.05, 0.1) is 25.2 Å². The van der Waals surface area contributed by atoms with Gasteiger partial charge in [0, 0.05) is 35.0 Å². The molecule has 3 aliphatic rings. The molecule has 5 nitrogen and oxygen atoms in total. The van der Waals surface area contributed by atoms with E-state index in [-0.39, 0.29) is 18.0 Å². The Morgan fingerprint density at radius 3 is 2.32 bits per heavy atom. The average Bonchev–Trinajstić information content (AvgIpc) is 3.06. The van der Waals surface area contributed by atoms with E-state index in [1.807, 2.05) is 33.8 Å². The Hall–Kier alpha value is -2.09. The number of amides is 1. The van der Waals surface area contributed by atoms with Crippen molar-refractivity contribution in [3.05, 3.63) is 35.2 Å². The number of carbonyl (C=O) groups is 1. The Morgan fingerprint density at radius 2 is 1.76 bits per heavy atom. The van der Waals surface area contributed by atoms with Crippen molar-refractivity contribution in [2.45, 2.75) is 83.5 Å². The molecule has 8 heteroatoms. The van der Waals surface area contributed by atoms with E-state index in [4.69, 9.17) is 4.74 Å². The van der Waals surface area contributed by atoms with Gasteiger partial charge in [0.25, 0.3) is 0 Å². The fraction of sp³-hybridized carbons (Fsp3) is 0.692. The van der Waals surface area contributed by atoms with E-state index in [9.17, 15) is 18.0 Å². The van der Waals surface area contributed by atoms with Crippen molar-refractivity contribution in [3.8, 4) is 0 Å². The predicted molar refractivity (Wildman–Crippen MR) is 125 cm³/mol. The van der Waals surface area contributed by atoms with E-state index in [0.717, 1.165) is 25.5 Å². The molecule has 2 aliphatic heterocycles. The summed E-state index contributed by atoms with van der Waals surface area (Å²) in [4.78, 5) is 19.2. The Kier molecular flexibility index (Phi) is 7.00. The third-order valence-electron chi connectivity index (χ3n) is 7.31. The molecular formula is C26H36F3N3O2. The summed E-state index contributed by atoms with van der Waals surface area (Å²) in [5.41, 5.74) is 0.151. The molecule has 0 spiro atoms. The minimum atomic E-state index is -4.55. The quantitative estimate of drug-likeness (QED) is 0.634. The van der Waals surface area contributed by atoms with Crippen molar-refractivity contribution in [2.75, 3.05) is 19.8 Å². The van der Waals surface area contributed by atoms with Crippen LogP contribution in [-0.2, 0) is 21.1 Å². The topological polar surface area (TPSA) is 54.5 Å². The maximum Gasteiger partial charge on any atom is 0.433 e. The lowest BCUT2D eigenvalue weighted by Gasteiger charge is -2.35. The number of nitrogens with one attached hydrogen (secondary N) is 1. The number of nitrogens with zero attached hydrogens (tertiary/aromatic N) is 2. The second kappa shape index (κ2) is 9.51. The number of alkyl halides is 3. The molecule has 34 heavy (non-hydrogen) atoms. The molecule has 1 aromatic heterocycles. The lowest BCUT2D eigenvalue weighted by Crippen LogP contribution is -2.52. The molecule has 1 N–H and O–H groups in total. The lowest BCUT2D eigenvalue weighted by atomic mass is 9.88. The molecule has 0 aromatic carbocycles. The first kappa shape index (κ1) is 25.0. The summed E-state index contributed by atoms with van der Waals surface area (Å²) in [5.74, 6) is -0.0437. The van der Waals surface area contributed by atoms with Crippen molar-refractivity contribution in [1.29, 1.82) is 0 Å². The van der Waals surface area contributed by atoms with Crippen molar-refractivity contribution in [1.82, 2.24) is 15.2 Å². The Bertz CT molecular complexity index is 896. The molecule has 1 amide bonds. The van der Waals surface area contributed by atoms with E-state index >= 15 is 0 Å². The van der Waals surface area contributed by atoms with E-state index in [2.05, 4.69) is 15.2 Å². The molecule has 1 aliphatic carbocycles. The minimum Gasteiger partial charge on any atom is -0.377 e. The molecule has 2 atom stereocenters. The van der Waals surface area contributed by atoms with Crippen molar-refractivity contribution >= 4 is 11.6 Å². The summed E-state index contributed by atoms with van der Waals surface area (Å²) in [5, 5.41) is 3.03. The number of rotatable bonds is 5. The Labute approximate surface area is 200 Å². The van der Waals surface area contributed by atoms with E-state index < -0.39 is 23.2 Å². The zero-order chi connectivity index (χ0) is 24.7. The fourth-order valence-corrected chi connectivity index (χ4v) is 5.11. The average molecular weight is 480 g/mol. The maximum atomic E-state index is 13.8. The predicted octanol–water partition coefficient (Wildman–Crippen LogP) is 5.15.